The highest BCUT2D eigenvalue weighted by molar-refractivity contribution is 9.10. The second kappa shape index (κ2) is 5.40. The molecule has 5 nitrogen and oxygen atoms in total. The lowest BCUT2D eigenvalue weighted by molar-refractivity contribution is 0.206. The van der Waals surface area contributed by atoms with Crippen LogP contribution in [0.3, 0.4) is 0 Å². The topological polar surface area (TPSA) is 61.0 Å². The van der Waals surface area contributed by atoms with Crippen LogP contribution in [-0.2, 0) is 13.0 Å². The van der Waals surface area contributed by atoms with Crippen LogP contribution in [0.5, 0.6) is 0 Å². The van der Waals surface area contributed by atoms with Crippen LogP contribution in [0.4, 0.5) is 9.93 Å². The van der Waals surface area contributed by atoms with Crippen LogP contribution in [0.25, 0.3) is 10.9 Å². The molecular weight excluding hydrogens is 364 g/mol. The number of amides is 2. The zero-order valence-corrected chi connectivity index (χ0v) is 14.0. The molecule has 0 bridgehead atoms. The van der Waals surface area contributed by atoms with Crippen molar-refractivity contribution >= 4 is 49.3 Å². The van der Waals surface area contributed by atoms with E-state index < -0.39 is 0 Å². The molecule has 0 unspecified atom stereocenters. The van der Waals surface area contributed by atoms with Gasteiger partial charge in [-0.05, 0) is 22.0 Å². The predicted molar refractivity (Wildman–Crippen MR) is 91.2 cm³/mol. The van der Waals surface area contributed by atoms with Gasteiger partial charge in [-0.15, -0.1) is 11.3 Å². The zero-order valence-electron chi connectivity index (χ0n) is 11.6. The third-order valence-corrected chi connectivity index (χ3v) is 5.24. The number of carbonyl (C=O) groups is 1. The van der Waals surface area contributed by atoms with Gasteiger partial charge in [-0.1, -0.05) is 12.1 Å². The number of para-hydroxylation sites is 1. The molecule has 0 radical (unpaired) electrons. The number of anilines is 1. The Morgan fingerprint density at radius 2 is 2.36 bits per heavy atom. The SMILES string of the molecule is O=C(Nc1nccs1)N1CCc2[nH]c3c(Br)cccc3c2C1. The van der Waals surface area contributed by atoms with E-state index in [1.807, 2.05) is 22.4 Å². The molecule has 22 heavy (non-hydrogen) atoms. The zero-order chi connectivity index (χ0) is 15.1. The largest absolute Gasteiger partial charge is 0.357 e. The van der Waals surface area contributed by atoms with Gasteiger partial charge < -0.3 is 9.88 Å². The summed E-state index contributed by atoms with van der Waals surface area (Å²) in [6.07, 6.45) is 2.52. The van der Waals surface area contributed by atoms with Crippen molar-refractivity contribution in [3.05, 3.63) is 45.5 Å². The Hall–Kier alpha value is -1.86. The highest BCUT2D eigenvalue weighted by Crippen LogP contribution is 2.31. The first-order valence-electron chi connectivity index (χ1n) is 6.96. The number of urea groups is 1. The molecule has 1 aliphatic heterocycles. The van der Waals surface area contributed by atoms with Crippen LogP contribution < -0.4 is 5.32 Å². The number of nitrogens with zero attached hydrogens (tertiary/aromatic N) is 2. The number of thiazole rings is 1. The van der Waals surface area contributed by atoms with Crippen LogP contribution in [0.2, 0.25) is 0 Å². The Morgan fingerprint density at radius 3 is 3.18 bits per heavy atom. The number of nitrogens with one attached hydrogen (secondary N) is 2. The molecule has 3 heterocycles. The number of aromatic nitrogens is 2. The number of aromatic amines is 1. The monoisotopic (exact) mass is 376 g/mol. The number of benzene rings is 1. The van der Waals surface area contributed by atoms with Crippen molar-refractivity contribution in [3.8, 4) is 0 Å². The fraction of sp³-hybridized carbons (Fsp3) is 0.200. The quantitative estimate of drug-likeness (QED) is 0.674. The summed E-state index contributed by atoms with van der Waals surface area (Å²) in [5.41, 5.74) is 3.53. The lowest BCUT2D eigenvalue weighted by Gasteiger charge is -2.27. The van der Waals surface area contributed by atoms with E-state index in [-0.39, 0.29) is 6.03 Å². The van der Waals surface area contributed by atoms with Gasteiger partial charge in [-0.25, -0.2) is 9.78 Å². The van der Waals surface area contributed by atoms with Crippen molar-refractivity contribution < 1.29 is 4.79 Å². The molecule has 1 aromatic carbocycles. The van der Waals surface area contributed by atoms with Crippen LogP contribution >= 0.6 is 27.3 Å². The minimum absolute atomic E-state index is 0.0926. The molecule has 112 valence electrons. The predicted octanol–water partition coefficient (Wildman–Crippen LogP) is 3.98. The number of hydrogen-bond acceptors (Lipinski definition) is 3. The molecule has 0 saturated heterocycles. The molecule has 0 atom stereocenters. The first-order chi connectivity index (χ1) is 10.7. The molecule has 4 rings (SSSR count). The fourth-order valence-electron chi connectivity index (χ4n) is 2.83. The summed E-state index contributed by atoms with van der Waals surface area (Å²) in [5, 5.41) is 6.51. The smallest absolute Gasteiger partial charge is 0.323 e. The van der Waals surface area contributed by atoms with E-state index in [2.05, 4.69) is 37.3 Å². The second-order valence-corrected chi connectivity index (χ2v) is 6.93. The molecule has 0 aliphatic carbocycles. The van der Waals surface area contributed by atoms with E-state index in [9.17, 15) is 4.79 Å². The highest BCUT2D eigenvalue weighted by Gasteiger charge is 2.24. The van der Waals surface area contributed by atoms with Gasteiger partial charge in [-0.3, -0.25) is 5.32 Å². The number of fused-ring (bicyclic) bond motifs is 3. The molecular formula is C15H13BrN4OS. The normalized spacial score (nSPS) is 14.1. The summed E-state index contributed by atoms with van der Waals surface area (Å²) in [6.45, 7) is 1.32. The summed E-state index contributed by atoms with van der Waals surface area (Å²) >= 11 is 5.00. The average Bonchev–Trinajstić information content (AvgIpc) is 3.15. The Balaban J connectivity index is 1.62. The molecule has 2 amide bonds. The number of hydrogen-bond donors (Lipinski definition) is 2. The molecule has 2 N–H and O–H groups in total. The van der Waals surface area contributed by atoms with E-state index in [0.717, 1.165) is 16.4 Å². The summed E-state index contributed by atoms with van der Waals surface area (Å²) in [4.78, 5) is 21.8. The van der Waals surface area contributed by atoms with Gasteiger partial charge in [0.25, 0.3) is 0 Å². The van der Waals surface area contributed by atoms with Crippen molar-refractivity contribution in [1.82, 2.24) is 14.9 Å². The van der Waals surface area contributed by atoms with Gasteiger partial charge in [0.1, 0.15) is 0 Å². The van der Waals surface area contributed by atoms with Crippen molar-refractivity contribution in [2.75, 3.05) is 11.9 Å². The summed E-state index contributed by atoms with van der Waals surface area (Å²) in [6, 6.07) is 6.05. The van der Waals surface area contributed by atoms with Crippen LogP contribution in [0.15, 0.2) is 34.2 Å². The van der Waals surface area contributed by atoms with Gasteiger partial charge in [-0.2, -0.15) is 0 Å². The Kier molecular flexibility index (Phi) is 3.38. The van der Waals surface area contributed by atoms with Crippen LogP contribution in [0.1, 0.15) is 11.3 Å². The maximum Gasteiger partial charge on any atom is 0.323 e. The van der Waals surface area contributed by atoms with E-state index in [0.29, 0.717) is 18.2 Å². The minimum Gasteiger partial charge on any atom is -0.357 e. The number of H-pyrrole nitrogens is 1. The molecule has 0 fully saturated rings. The van der Waals surface area contributed by atoms with Crippen LogP contribution in [-0.4, -0.2) is 27.4 Å². The molecule has 7 heteroatoms. The summed E-state index contributed by atoms with van der Waals surface area (Å²) < 4.78 is 1.05. The summed E-state index contributed by atoms with van der Waals surface area (Å²) in [7, 11) is 0. The molecule has 0 saturated carbocycles. The first-order valence-corrected chi connectivity index (χ1v) is 8.63. The van der Waals surface area contributed by atoms with E-state index in [1.54, 1.807) is 6.20 Å². The molecule has 3 aromatic rings. The third kappa shape index (κ3) is 2.30. The summed E-state index contributed by atoms with van der Waals surface area (Å²) in [5.74, 6) is 0. The Labute approximate surface area is 139 Å². The molecule has 2 aromatic heterocycles. The number of rotatable bonds is 1. The number of halogens is 1. The minimum atomic E-state index is -0.0926. The average molecular weight is 377 g/mol. The van der Waals surface area contributed by atoms with Gasteiger partial charge in [0.15, 0.2) is 5.13 Å². The first kappa shape index (κ1) is 13.8. The standard InChI is InChI=1S/C15H13BrN4OS/c16-11-3-1-2-9-10-8-20(6-4-12(10)18-13(9)11)15(21)19-14-17-5-7-22-14/h1-3,5,7,18H,4,6,8H2,(H,17,19,21). The van der Waals surface area contributed by atoms with Crippen molar-refractivity contribution in [2.24, 2.45) is 0 Å². The second-order valence-electron chi connectivity index (χ2n) is 5.18. The van der Waals surface area contributed by atoms with Gasteiger partial charge >= 0.3 is 6.03 Å². The lowest BCUT2D eigenvalue weighted by Crippen LogP contribution is -2.38. The maximum absolute atomic E-state index is 12.4. The maximum atomic E-state index is 12.4. The van der Waals surface area contributed by atoms with Gasteiger partial charge in [0.2, 0.25) is 0 Å². The van der Waals surface area contributed by atoms with Crippen molar-refractivity contribution in [3.63, 3.8) is 0 Å². The van der Waals surface area contributed by atoms with Gasteiger partial charge in [0, 0.05) is 52.2 Å². The Bertz CT molecular complexity index is 843. The van der Waals surface area contributed by atoms with E-state index in [4.69, 9.17) is 0 Å². The van der Waals surface area contributed by atoms with E-state index >= 15 is 0 Å². The lowest BCUT2D eigenvalue weighted by atomic mass is 10.0. The van der Waals surface area contributed by atoms with Crippen LogP contribution in [0, 0.1) is 0 Å². The number of carbonyl (C=O) groups excluding carboxylic acids is 1. The van der Waals surface area contributed by atoms with Gasteiger partial charge in [0.05, 0.1) is 5.52 Å². The Morgan fingerprint density at radius 1 is 1.45 bits per heavy atom. The fourth-order valence-corrected chi connectivity index (χ4v) is 3.82. The van der Waals surface area contributed by atoms with Crippen molar-refractivity contribution in [2.45, 2.75) is 13.0 Å². The van der Waals surface area contributed by atoms with Crippen molar-refractivity contribution in [1.29, 1.82) is 0 Å². The molecule has 0 spiro atoms. The van der Waals surface area contributed by atoms with E-state index in [1.165, 1.54) is 28.0 Å². The highest BCUT2D eigenvalue weighted by atomic mass is 79.9. The third-order valence-electron chi connectivity index (χ3n) is 3.89. The molecule has 1 aliphatic rings.